The summed E-state index contributed by atoms with van der Waals surface area (Å²) in [7, 11) is -6.29. The van der Waals surface area contributed by atoms with Gasteiger partial charge in [-0.05, 0) is 0 Å². The molecule has 0 aliphatic heterocycles. The number of nitrogens with two attached hydrogens (primary N) is 1. The second kappa shape index (κ2) is 56.9. The zero-order valence-corrected chi connectivity index (χ0v) is 91.8. The van der Waals surface area contributed by atoms with Gasteiger partial charge in [-0.1, -0.05) is 7.43 Å². The van der Waals surface area contributed by atoms with Crippen LogP contribution in [-0.4, -0.2) is 149 Å². The summed E-state index contributed by atoms with van der Waals surface area (Å²) in [5.41, 5.74) is 43.9. The number of rotatable bonds is 25. The van der Waals surface area contributed by atoms with E-state index in [1.54, 1.807) is 78.9 Å². The van der Waals surface area contributed by atoms with E-state index in [0.717, 1.165) is 26.7 Å². The Kier molecular flexibility index (Phi) is 55.7. The fourth-order valence-electron chi connectivity index (χ4n) is 8.25. The Balaban J connectivity index is 0. The Hall–Kier alpha value is -4.56. The molecule has 0 saturated heterocycles. The van der Waals surface area contributed by atoms with Gasteiger partial charge in [0.05, 0.1) is 0 Å². The largest absolute Gasteiger partial charge is 0 e. The Morgan fingerprint density at radius 1 is 0.474 bits per heavy atom. The maximum absolute atomic E-state index is 11.5. The second-order valence-electron chi connectivity index (χ2n) is 21.8. The molecule has 10 rings (SSSR count). The number of halogens is 1. The molecule has 0 radical (unpaired) electrons. The van der Waals surface area contributed by atoms with Crippen LogP contribution in [0.15, 0.2) is 127 Å². The zero-order chi connectivity index (χ0) is 80.1. The van der Waals surface area contributed by atoms with Crippen LogP contribution in [0.5, 0.6) is 0 Å². The number of nitrogens with zero attached hydrogens (tertiary/aromatic N) is 11. The number of furan rings is 5. The van der Waals surface area contributed by atoms with Crippen molar-refractivity contribution in [1.29, 1.82) is 0 Å². The smallest absolute Gasteiger partial charge is 0 e. The SMILES string of the molecule is C.I.[CH-]=c1ncnc([NH-])c1=C[C](=[V])c1ccc(/C=C/N)o1.[CH-]=c1ncnc([NH-])c1=C[C](=[V])c1ccc(/C=C/[N+](=O)[O-])o1.[CH-]=c1ncnc([NH-])c1=C[C](=[V])c1ccc(C=O)o1.[CH-]=c1ncnc([NH-])c1=C[C](=[V])c1ccc(CCNC(=O)CS(C)(=O)=O)o1.[CH-]=c1ncnc([NH-])c1=C[C](=[V])c1ccc(CCNCCS(C)(=O)=O)o1.[U].[U].[U].[U].[U]. The molecule has 10 aromatic rings. The minimum absolute atomic E-state index is 0. The number of aromatic nitrogens is 10. The third-order valence-corrected chi connectivity index (χ3v) is 17.9. The fourth-order valence-corrected chi connectivity index (χ4v) is 11.3. The van der Waals surface area contributed by atoms with Gasteiger partial charge in [-0.2, -0.15) is 0 Å². The van der Waals surface area contributed by atoms with Gasteiger partial charge in [0.2, 0.25) is 0 Å². The molecule has 10 heterocycles. The molecule has 9 N–H and O–H groups in total. The van der Waals surface area contributed by atoms with Crippen LogP contribution in [-0.2, 0) is 122 Å². The van der Waals surface area contributed by atoms with Crippen LogP contribution in [0.2, 0.25) is 0 Å². The van der Waals surface area contributed by atoms with Crippen LogP contribution < -0.4 is 69.2 Å². The van der Waals surface area contributed by atoms with Gasteiger partial charge < -0.3 is 0 Å². The molecule has 0 saturated carbocycles. The molecule has 1 amide bonds. The van der Waals surface area contributed by atoms with Crippen molar-refractivity contribution in [2.45, 2.75) is 20.3 Å². The van der Waals surface area contributed by atoms with E-state index in [2.05, 4.69) is 145 Å². The maximum Gasteiger partial charge on any atom is 0 e. The third-order valence-electron chi connectivity index (χ3n) is 13.5. The van der Waals surface area contributed by atoms with Gasteiger partial charge in [0.1, 0.15) is 0 Å². The van der Waals surface area contributed by atoms with Crippen molar-refractivity contribution >= 4 is 181 Å². The van der Waals surface area contributed by atoms with E-state index in [-0.39, 0.29) is 261 Å². The van der Waals surface area contributed by atoms with E-state index < -0.39 is 36.3 Å². The van der Waals surface area contributed by atoms with Crippen molar-refractivity contribution in [2.75, 3.05) is 43.7 Å². The molecule has 0 aliphatic carbocycles. The summed E-state index contributed by atoms with van der Waals surface area (Å²) < 4.78 is 75.3. The number of amides is 1. The Morgan fingerprint density at radius 2 is 0.767 bits per heavy atom. The van der Waals surface area contributed by atoms with Crippen molar-refractivity contribution in [3.8, 4) is 0 Å². The first-order valence-corrected chi connectivity index (χ1v) is 38.3. The van der Waals surface area contributed by atoms with Crippen LogP contribution in [0.25, 0.3) is 104 Å². The Bertz CT molecular complexity index is 6050. The summed E-state index contributed by atoms with van der Waals surface area (Å²) in [5, 5.41) is 19.1. The van der Waals surface area contributed by atoms with Gasteiger partial charge in [0.15, 0.2) is 0 Å². The van der Waals surface area contributed by atoms with E-state index in [1.165, 1.54) is 50.2 Å². The van der Waals surface area contributed by atoms with Gasteiger partial charge in [-0.3, -0.25) is 0 Å². The minimum Gasteiger partial charge on any atom is 0 e. The van der Waals surface area contributed by atoms with Gasteiger partial charge in [-0.15, -0.1) is 24.0 Å². The van der Waals surface area contributed by atoms with E-state index in [9.17, 15) is 36.5 Å². The van der Waals surface area contributed by atoms with Crippen molar-refractivity contribution in [2.24, 2.45) is 5.73 Å². The number of sulfone groups is 2. The first-order chi connectivity index (χ1) is 51.6. The molecule has 0 spiro atoms. The molecule has 32 nitrogen and oxygen atoms in total. The molecular weight excluding hydrogens is 2960 g/mol. The summed E-state index contributed by atoms with van der Waals surface area (Å²) in [6.07, 6.45) is 23.5. The average molecular weight is 3030 g/mol. The molecule has 0 bridgehead atoms. The quantitative estimate of drug-likeness (QED) is 0.0184. The Labute approximate surface area is 846 Å². The number of hydrogen-bond acceptors (Lipinski definition) is 25. The first kappa shape index (κ1) is 113. The minimum atomic E-state index is -3.34. The summed E-state index contributed by atoms with van der Waals surface area (Å²) in [6.45, 7) is 29.9. The summed E-state index contributed by atoms with van der Waals surface area (Å²) in [6, 6.07) is 17.3. The number of carbonyl (C=O) groups is 2. The predicted octanol–water partition coefficient (Wildman–Crippen LogP) is 2.07. The van der Waals surface area contributed by atoms with Crippen LogP contribution in [0.4, 0.5) is 29.1 Å². The number of nitrogens with one attached hydrogen (secondary N) is 7. The molecule has 0 unspecified atom stereocenters. The van der Waals surface area contributed by atoms with Crippen molar-refractivity contribution in [1.82, 2.24) is 60.5 Å². The van der Waals surface area contributed by atoms with Crippen molar-refractivity contribution in [3.05, 3.63) is 254 Å². The molecule has 10 aromatic heterocycles. The number of carbonyl (C=O) groups excluding carboxylic acids is 2. The van der Waals surface area contributed by atoms with E-state index in [0.29, 0.717) is 117 Å². The van der Waals surface area contributed by atoms with Crippen molar-refractivity contribution in [3.63, 3.8) is 0 Å². The van der Waals surface area contributed by atoms with E-state index >= 15 is 0 Å². The van der Waals surface area contributed by atoms with Gasteiger partial charge in [0, 0.05) is 156 Å². The third kappa shape index (κ3) is 39.5. The average Bonchev–Trinajstić information content (AvgIpc) is 1.54. The monoisotopic (exact) mass is 3030 g/mol. The fraction of sp³-hybridized carbons (Fsp3) is 0.141. The molecule has 0 atom stereocenters. The molecule has 0 aromatic carbocycles. The van der Waals surface area contributed by atoms with Gasteiger partial charge >= 0.3 is 672 Å². The topological polar surface area (TPSA) is 509 Å². The van der Waals surface area contributed by atoms with E-state index in [4.69, 9.17) is 89.4 Å². The maximum atomic E-state index is 11.5. The second-order valence-corrected chi connectivity index (χ2v) is 29.9. The standard InChI is InChI=1S/C16H17N4O4S.C16H18N4O3S.C13H8N4O3.C13H10N4O.C12H7N3O2.CH4.HI.5U.5V/c1-11-14(16(17)20-10-19-11)6-5-12-3-4-13(24-12)7-8-18-15(21)9-25(2,22)23;1-12-15(16(17)20-11-19-12)6-5-13-3-4-14(23-13)7-8-18-9-10-24(2,21)22;1-9-12(13(14)16-8-15-9)5-4-10-2-3-11(20-10)6-7-17(18)19;1-9-12(13(15)17-8-16-9)5-4-10-2-3-11(18-10)6-7-14;1-8-11(12(13)15-7-14-8)5-4-9-2-3-10(6-16)17-9;;;;;;;;;;;;/h1,3-4,6,10H,7-9H2,2H3,(H3,17,18,19,20,21);1,3-4,6,11,18H,7-10H2,2H3,(H-,17,19,20);1-3,5-8H,(H-,14,15,16);1-3,5-8H,14H2,(H-,15,16,17);1-3,5-7H,(H-,13,14,15);1H4;1H;;;;;;;;;;/q-1;4*-2;;;;;;;;;;;;/p-1/b;;2*7-6+,12-5?;;;;;;;;;;;;;. The number of nitro groups is 1. The Morgan fingerprint density at radius 3 is 1.05 bits per heavy atom. The molecule has 45 heteroatoms. The van der Waals surface area contributed by atoms with Crippen LogP contribution >= 0.6 is 24.0 Å². The molecule has 0 fully saturated rings. The molecule has 0 aliphatic rings. The summed E-state index contributed by atoms with van der Waals surface area (Å²) >= 11 is 11.6. The van der Waals surface area contributed by atoms with Crippen LogP contribution in [0.1, 0.15) is 69.8 Å². The molecular formula is C71H64IN19O13S2U5V5-10. The zero-order valence-electron chi connectivity index (χ0n) is 60.0. The van der Waals surface area contributed by atoms with Gasteiger partial charge in [0.25, 0.3) is 0 Å². The number of aldehydes is 1. The summed E-state index contributed by atoms with van der Waals surface area (Å²) in [4.78, 5) is 69.7. The van der Waals surface area contributed by atoms with E-state index in [1.807, 2.05) is 18.2 Å². The number of hydrogen-bond donors (Lipinski definition) is 3. The normalized spacial score (nSPS) is 11.3. The van der Waals surface area contributed by atoms with Crippen molar-refractivity contribution < 1.29 is 294 Å². The summed E-state index contributed by atoms with van der Waals surface area (Å²) in [5.74, 6) is 4.72. The first-order valence-electron chi connectivity index (χ1n) is 30.7. The predicted molar refractivity (Wildman–Crippen MR) is 415 cm³/mol. The molecule has 116 heavy (non-hydrogen) atoms. The van der Waals surface area contributed by atoms with Gasteiger partial charge in [-0.25, -0.2) is 0 Å². The molecule has 595 valence electrons. The van der Waals surface area contributed by atoms with Crippen LogP contribution in [0.3, 0.4) is 0 Å². The van der Waals surface area contributed by atoms with Crippen LogP contribution in [0, 0.1) is 166 Å².